The van der Waals surface area contributed by atoms with Crippen LogP contribution in [0, 0.1) is 12.3 Å². The minimum absolute atomic E-state index is 0.00754. The fraction of sp³-hybridized carbons (Fsp3) is 0.587. The second kappa shape index (κ2) is 31.2. The van der Waals surface area contributed by atoms with Gasteiger partial charge in [0.2, 0.25) is 23.6 Å². The van der Waals surface area contributed by atoms with E-state index in [2.05, 4.69) is 35.6 Å². The summed E-state index contributed by atoms with van der Waals surface area (Å²) in [6, 6.07) is 9.32. The number of hydrogen-bond donors (Lipinski definition) is 4. The van der Waals surface area contributed by atoms with Crippen molar-refractivity contribution in [3.8, 4) is 21.6 Å². The number of amides is 6. The number of piperidine rings is 1. The molecule has 4 aliphatic heterocycles. The Bertz CT molecular complexity index is 3200. The maximum atomic E-state index is 14.8. The number of thiazole rings is 1. The smallest absolute Gasteiger partial charge is 0.317 e. The Morgan fingerprint density at radius 2 is 1.49 bits per heavy atom. The van der Waals surface area contributed by atoms with Crippen LogP contribution < -0.4 is 20.9 Å². The summed E-state index contributed by atoms with van der Waals surface area (Å²) in [6.45, 7) is 13.2. The number of ether oxygens (including phenoxy) is 5. The molecule has 7 heterocycles. The summed E-state index contributed by atoms with van der Waals surface area (Å²) in [5, 5.41) is 28.6. The summed E-state index contributed by atoms with van der Waals surface area (Å²) in [6.07, 6.45) is 3.62. The van der Waals surface area contributed by atoms with Crippen molar-refractivity contribution in [2.24, 2.45) is 12.5 Å². The zero-order valence-corrected chi connectivity index (χ0v) is 52.8. The quantitative estimate of drug-likeness (QED) is 0.0403. The number of urea groups is 1. The molecule has 0 spiro atoms. The number of β-amino-alcohol motifs (C(OH)–C–C–N with tert-alkyl or cyclic N) is 1. The third-order valence-corrected chi connectivity index (χ3v) is 17.7. The summed E-state index contributed by atoms with van der Waals surface area (Å²) in [7, 11) is 3.37. The van der Waals surface area contributed by atoms with Gasteiger partial charge in [-0.2, -0.15) is 10.2 Å². The van der Waals surface area contributed by atoms with E-state index < -0.39 is 35.9 Å². The van der Waals surface area contributed by atoms with Crippen LogP contribution in [0.5, 0.6) is 0 Å². The molecule has 0 bridgehead atoms. The number of likely N-dealkylation sites (tertiary alicyclic amines) is 2. The fourth-order valence-electron chi connectivity index (χ4n) is 12.0. The van der Waals surface area contributed by atoms with Gasteiger partial charge in [0.1, 0.15) is 12.1 Å². The average molecular weight is 1260 g/mol. The van der Waals surface area contributed by atoms with Gasteiger partial charge in [0.15, 0.2) is 5.82 Å². The Labute approximate surface area is 522 Å². The monoisotopic (exact) mass is 1260 g/mol. The molecule has 3 atom stereocenters. The number of aliphatic hydroxyl groups excluding tert-OH is 1. The van der Waals surface area contributed by atoms with Crippen LogP contribution in [0.4, 0.5) is 25.1 Å². The Morgan fingerprint density at radius 1 is 0.831 bits per heavy atom. The zero-order chi connectivity index (χ0) is 63.2. The Hall–Kier alpha value is -6.94. The molecule has 89 heavy (non-hydrogen) atoms. The molecule has 4 aliphatic rings. The normalized spacial score (nSPS) is 17.5. The van der Waals surface area contributed by atoms with Crippen molar-refractivity contribution in [3.63, 3.8) is 0 Å². The molecule has 0 aliphatic carbocycles. The van der Waals surface area contributed by atoms with Gasteiger partial charge < -0.3 is 64.3 Å². The van der Waals surface area contributed by atoms with Crippen molar-refractivity contribution in [3.05, 3.63) is 87.9 Å². The lowest BCUT2D eigenvalue weighted by atomic mass is 9.85. The van der Waals surface area contributed by atoms with Gasteiger partial charge in [0.05, 0.1) is 113 Å². The molecule has 26 heteroatoms. The highest BCUT2D eigenvalue weighted by Crippen LogP contribution is 2.44. The van der Waals surface area contributed by atoms with E-state index in [9.17, 15) is 37.9 Å². The Balaban J connectivity index is 0.613. The van der Waals surface area contributed by atoms with Crippen LogP contribution in [0.25, 0.3) is 21.6 Å². The molecular weight excluding hydrogens is 1170 g/mol. The third-order valence-electron chi connectivity index (χ3n) is 16.7. The topological polar surface area (TPSA) is 249 Å². The molecule has 3 aromatic heterocycles. The molecule has 23 nitrogen and oxygen atoms in total. The number of hydrogen-bond acceptors (Lipinski definition) is 16. The van der Waals surface area contributed by atoms with Crippen LogP contribution >= 0.6 is 11.3 Å². The second-order valence-electron chi connectivity index (χ2n) is 24.1. The van der Waals surface area contributed by atoms with Crippen LogP contribution in [0.2, 0.25) is 0 Å². The Kier molecular flexibility index (Phi) is 23.3. The average Bonchev–Trinajstić information content (AvgIpc) is 2.54. The van der Waals surface area contributed by atoms with Crippen LogP contribution in [0.1, 0.15) is 105 Å². The van der Waals surface area contributed by atoms with Gasteiger partial charge in [-0.25, -0.2) is 18.6 Å². The van der Waals surface area contributed by atoms with E-state index in [0.717, 1.165) is 51.4 Å². The van der Waals surface area contributed by atoms with Crippen molar-refractivity contribution in [2.75, 3.05) is 111 Å². The van der Waals surface area contributed by atoms with Crippen molar-refractivity contribution in [2.45, 2.75) is 123 Å². The lowest BCUT2D eigenvalue weighted by Gasteiger charge is -2.35. The first-order valence-corrected chi connectivity index (χ1v) is 31.8. The van der Waals surface area contributed by atoms with Crippen molar-refractivity contribution < 1.29 is 61.5 Å². The molecule has 5 aromatic rings. The van der Waals surface area contributed by atoms with Gasteiger partial charge in [-0.15, -0.1) is 11.3 Å². The van der Waals surface area contributed by atoms with Gasteiger partial charge in [-0.1, -0.05) is 45.0 Å². The molecule has 0 unspecified atom stereocenters. The number of halogens is 2. The largest absolute Gasteiger partial charge is 0.391 e. The minimum Gasteiger partial charge on any atom is -0.391 e. The number of nitrogens with one attached hydrogen (secondary N) is 3. The number of aryl methyl sites for hydroxylation is 3. The highest BCUT2D eigenvalue weighted by atomic mass is 32.1. The predicted octanol–water partition coefficient (Wildman–Crippen LogP) is 6.27. The van der Waals surface area contributed by atoms with E-state index in [0.29, 0.717) is 121 Å². The molecule has 9 rings (SSSR count). The summed E-state index contributed by atoms with van der Waals surface area (Å²) in [4.78, 5) is 79.2. The summed E-state index contributed by atoms with van der Waals surface area (Å²) >= 11 is 1.57. The van der Waals surface area contributed by atoms with E-state index in [1.807, 2.05) is 68.4 Å². The van der Waals surface area contributed by atoms with Gasteiger partial charge >= 0.3 is 6.03 Å². The molecular formula is C63H86F2N12O11S. The first kappa shape index (κ1) is 66.5. The van der Waals surface area contributed by atoms with Crippen molar-refractivity contribution in [1.29, 1.82) is 0 Å². The van der Waals surface area contributed by atoms with Gasteiger partial charge in [-0.3, -0.25) is 28.5 Å². The number of fused-ring (bicyclic) bond motifs is 2. The lowest BCUT2D eigenvalue weighted by molar-refractivity contribution is -0.144. The molecule has 2 aromatic carbocycles. The first-order valence-electron chi connectivity index (χ1n) is 30.9. The van der Waals surface area contributed by atoms with Crippen molar-refractivity contribution >= 4 is 52.5 Å². The van der Waals surface area contributed by atoms with E-state index in [4.69, 9.17) is 28.8 Å². The van der Waals surface area contributed by atoms with Crippen LogP contribution in [0.3, 0.4) is 0 Å². The summed E-state index contributed by atoms with van der Waals surface area (Å²) < 4.78 is 61.5. The van der Waals surface area contributed by atoms with Gasteiger partial charge in [0.25, 0.3) is 6.43 Å². The summed E-state index contributed by atoms with van der Waals surface area (Å²) in [5.74, 6) is -0.491. The zero-order valence-electron chi connectivity index (χ0n) is 52.0. The lowest BCUT2D eigenvalue weighted by Crippen LogP contribution is -2.57. The number of alkyl halides is 2. The second-order valence-corrected chi connectivity index (χ2v) is 24.9. The number of benzene rings is 2. The van der Waals surface area contributed by atoms with Crippen molar-refractivity contribution in [1.82, 2.24) is 55.2 Å². The maximum absolute atomic E-state index is 14.8. The number of nitrogens with zero attached hydrogens (tertiary/aromatic N) is 9. The summed E-state index contributed by atoms with van der Waals surface area (Å²) in [5.41, 5.74) is 8.66. The fourth-order valence-corrected chi connectivity index (χ4v) is 12.8. The highest BCUT2D eigenvalue weighted by molar-refractivity contribution is 7.13. The van der Waals surface area contributed by atoms with E-state index in [1.165, 1.54) is 4.90 Å². The van der Waals surface area contributed by atoms with Gasteiger partial charge in [-0.05, 0) is 72.4 Å². The standard InChI is InChI=1S/C63H86F2N12O11S/c1-41-56(89-40-68-41)43-11-9-42(10-12-43)35-67-60(81)53-33-47(78)38-76(53)61(82)57(63(2,3)4)70-54(79)16-22-84-24-26-86-28-30-88-31-29-87-27-25-85-23-17-55(80)73-19-13-46(14-20-73)77-51-15-21-74(62(83)66-5)39-50(51)59(71-77)75-18-7-8-44-32-48(45-36-69-72(6)37-45)49(58(64)65)34-52(44)75/h9-12,32,34,36-37,40,46-47,53,57-58,78H,7-8,13-31,33,35,38-39H2,1-6H3,(H,66,83)(H,67,81)(H,70,79)/t47-,53+,57-/m1/s1. The number of carbonyl (C=O) groups is 5. The van der Waals surface area contributed by atoms with E-state index in [1.54, 1.807) is 53.5 Å². The molecule has 2 saturated heterocycles. The molecule has 0 saturated carbocycles. The third kappa shape index (κ3) is 17.1. The van der Waals surface area contributed by atoms with E-state index in [-0.39, 0.29) is 87.5 Å². The molecule has 484 valence electrons. The molecule has 6 amide bonds. The molecule has 0 radical (unpaired) electrons. The first-order chi connectivity index (χ1) is 42.9. The molecule has 2 fully saturated rings. The van der Waals surface area contributed by atoms with E-state index >= 15 is 0 Å². The number of aromatic nitrogens is 5. The number of rotatable bonds is 28. The highest BCUT2D eigenvalue weighted by Gasteiger charge is 2.45. The Morgan fingerprint density at radius 3 is 2.10 bits per heavy atom. The molecule has 4 N–H and O–H groups in total. The minimum atomic E-state index is -2.71. The maximum Gasteiger partial charge on any atom is 0.317 e. The van der Waals surface area contributed by atoms with Crippen LogP contribution in [-0.4, -0.2) is 198 Å². The van der Waals surface area contributed by atoms with Gasteiger partial charge in [0, 0.05) is 107 Å². The number of carbonyl (C=O) groups excluding carboxylic acids is 5. The van der Waals surface area contributed by atoms with Crippen LogP contribution in [-0.2, 0) is 75.8 Å². The van der Waals surface area contributed by atoms with Crippen LogP contribution in [0.15, 0.2) is 54.3 Å². The SMILES string of the molecule is CNC(=O)N1CCc2c(c(N3CCCc4cc(-c5cnn(C)c5)c(C(F)F)cc43)nn2C2CCN(C(=O)CCOCCOCCOCCOCCOCCC(=O)N[C@H](C(=O)N3C[C@H](O)C[C@H]3C(=O)NCc3ccc(-c4scnc4C)cc3)C(C)(C)C)CC2)C1. The number of aliphatic hydroxyl groups is 1. The predicted molar refractivity (Wildman–Crippen MR) is 330 cm³/mol. The number of anilines is 2.